The van der Waals surface area contributed by atoms with Gasteiger partial charge in [-0.3, -0.25) is 0 Å². The summed E-state index contributed by atoms with van der Waals surface area (Å²) in [5.74, 6) is -0.830. The number of carboxylic acids is 1. The third-order valence-corrected chi connectivity index (χ3v) is 7.43. The van der Waals surface area contributed by atoms with Crippen LogP contribution in [-0.2, 0) is 11.2 Å². The molecule has 4 aromatic carbocycles. The van der Waals surface area contributed by atoms with Gasteiger partial charge in [0, 0.05) is 12.1 Å². The average molecular weight is 540 g/mol. The molecule has 0 spiro atoms. The monoisotopic (exact) mass is 539 g/mol. The molecule has 0 radical (unpaired) electrons. The van der Waals surface area contributed by atoms with Crippen LogP contribution in [0.25, 0.3) is 21.9 Å². The molecule has 0 aliphatic heterocycles. The fraction of sp³-hybridized carbons (Fsp3) is 0.343. The van der Waals surface area contributed by atoms with Gasteiger partial charge in [0.25, 0.3) is 0 Å². The number of hydrogen-bond acceptors (Lipinski definition) is 4. The van der Waals surface area contributed by atoms with Crippen LogP contribution in [0.5, 0.6) is 0 Å². The van der Waals surface area contributed by atoms with E-state index >= 15 is 0 Å². The zero-order valence-corrected chi connectivity index (χ0v) is 24.1. The van der Waals surface area contributed by atoms with E-state index in [2.05, 4.69) is 61.6 Å². The van der Waals surface area contributed by atoms with Crippen molar-refractivity contribution in [3.05, 3.63) is 107 Å². The maximum absolute atomic E-state index is 11.7. The summed E-state index contributed by atoms with van der Waals surface area (Å²) in [6.45, 7) is 10.9. The van der Waals surface area contributed by atoms with E-state index in [0.29, 0.717) is 12.1 Å². The van der Waals surface area contributed by atoms with Crippen LogP contribution in [-0.4, -0.2) is 41.0 Å². The summed E-state index contributed by atoms with van der Waals surface area (Å²) in [6.07, 6.45) is -0.0696. The van der Waals surface area contributed by atoms with Crippen LogP contribution >= 0.6 is 0 Å². The first-order valence-electron chi connectivity index (χ1n) is 14.0. The fourth-order valence-corrected chi connectivity index (χ4v) is 5.24. The molecule has 0 aromatic heterocycles. The minimum absolute atomic E-state index is 0.0834. The van der Waals surface area contributed by atoms with E-state index in [-0.39, 0.29) is 24.2 Å². The van der Waals surface area contributed by atoms with Crippen molar-refractivity contribution in [2.24, 2.45) is 0 Å². The van der Waals surface area contributed by atoms with E-state index in [9.17, 15) is 15.0 Å². The van der Waals surface area contributed by atoms with Gasteiger partial charge in [0.1, 0.15) is 0 Å². The molecule has 2 atom stereocenters. The van der Waals surface area contributed by atoms with Crippen LogP contribution in [0.15, 0.2) is 84.9 Å². The van der Waals surface area contributed by atoms with Crippen LogP contribution < -0.4 is 5.32 Å². The first-order chi connectivity index (χ1) is 19.0. The predicted octanol–water partition coefficient (Wildman–Crippen LogP) is 7.38. The Labute approximate surface area is 237 Å². The van der Waals surface area contributed by atoms with Gasteiger partial charge < -0.3 is 20.3 Å². The number of ether oxygens (including phenoxy) is 1. The molecule has 0 heterocycles. The van der Waals surface area contributed by atoms with Gasteiger partial charge in [-0.15, -0.1) is 0 Å². The van der Waals surface area contributed by atoms with Crippen LogP contribution in [0.2, 0.25) is 0 Å². The Kier molecular flexibility index (Phi) is 9.41. The lowest BCUT2D eigenvalue weighted by atomic mass is 9.90. The van der Waals surface area contributed by atoms with Crippen LogP contribution in [0.1, 0.15) is 73.7 Å². The quantitative estimate of drug-likeness (QED) is 0.175. The average Bonchev–Trinajstić information content (AvgIpc) is 2.94. The Balaban J connectivity index is 1.37. The first kappa shape index (κ1) is 29.5. The molecular weight excluding hydrogens is 498 g/mol. The fourth-order valence-electron chi connectivity index (χ4n) is 5.24. The molecule has 0 bridgehead atoms. The van der Waals surface area contributed by atoms with Crippen molar-refractivity contribution in [3.8, 4) is 11.1 Å². The molecule has 0 fully saturated rings. The molecule has 40 heavy (non-hydrogen) atoms. The summed E-state index contributed by atoms with van der Waals surface area (Å²) in [5.41, 5.74) is 5.15. The van der Waals surface area contributed by atoms with Crippen molar-refractivity contribution >= 4 is 16.7 Å². The number of fused-ring (bicyclic) bond motifs is 1. The second-order valence-corrected chi connectivity index (χ2v) is 11.6. The number of nitrogens with one attached hydrogen (secondary N) is 1. The lowest BCUT2D eigenvalue weighted by Gasteiger charge is -2.28. The van der Waals surface area contributed by atoms with E-state index in [4.69, 9.17) is 4.74 Å². The van der Waals surface area contributed by atoms with Crippen LogP contribution in [0.3, 0.4) is 0 Å². The number of carbonyl (C=O) groups is 1. The number of β-amino-alcohol motifs (C(OH)–C–C–N with tert-alkyl or cyclic N) is 1. The van der Waals surface area contributed by atoms with Gasteiger partial charge in [0.2, 0.25) is 0 Å². The lowest BCUT2D eigenvalue weighted by molar-refractivity contribution is -0.00397. The number of carboxylic acid groups (broad SMARTS) is 1. The molecule has 0 saturated carbocycles. The van der Waals surface area contributed by atoms with Crippen molar-refractivity contribution in [3.63, 3.8) is 0 Å². The number of hydrogen-bond donors (Lipinski definition) is 3. The summed E-state index contributed by atoms with van der Waals surface area (Å²) in [4.78, 5) is 11.7. The molecule has 5 nitrogen and oxygen atoms in total. The molecule has 3 N–H and O–H groups in total. The van der Waals surface area contributed by atoms with E-state index in [1.54, 1.807) is 6.07 Å². The smallest absolute Gasteiger partial charge is 0.335 e. The maximum Gasteiger partial charge on any atom is 0.335 e. The van der Waals surface area contributed by atoms with Gasteiger partial charge in [0.05, 0.1) is 24.4 Å². The van der Waals surface area contributed by atoms with Crippen molar-refractivity contribution in [1.82, 2.24) is 5.32 Å². The van der Waals surface area contributed by atoms with Crippen molar-refractivity contribution in [2.45, 2.75) is 64.7 Å². The second kappa shape index (κ2) is 12.8. The van der Waals surface area contributed by atoms with Crippen LogP contribution in [0, 0.1) is 0 Å². The third kappa shape index (κ3) is 7.36. The Morgan fingerprint density at radius 2 is 1.57 bits per heavy atom. The van der Waals surface area contributed by atoms with E-state index in [0.717, 1.165) is 28.7 Å². The van der Waals surface area contributed by atoms with Gasteiger partial charge in [0.15, 0.2) is 0 Å². The normalized spacial score (nSPS) is 13.5. The zero-order chi connectivity index (χ0) is 28.9. The van der Waals surface area contributed by atoms with E-state index in [1.165, 1.54) is 16.3 Å². The van der Waals surface area contributed by atoms with Gasteiger partial charge >= 0.3 is 5.97 Å². The van der Waals surface area contributed by atoms with Crippen molar-refractivity contribution in [2.75, 3.05) is 13.2 Å². The third-order valence-electron chi connectivity index (χ3n) is 7.43. The van der Waals surface area contributed by atoms with Gasteiger partial charge in [-0.2, -0.15) is 0 Å². The van der Waals surface area contributed by atoms with Gasteiger partial charge in [-0.05, 0) is 77.8 Å². The number of aliphatic hydroxyl groups excluding tert-OH is 1. The molecule has 1 unspecified atom stereocenters. The minimum atomic E-state index is -0.914. The van der Waals surface area contributed by atoms with Crippen molar-refractivity contribution in [1.29, 1.82) is 0 Å². The summed E-state index contributed by atoms with van der Waals surface area (Å²) in [5, 5.41) is 26.3. The predicted molar refractivity (Wildman–Crippen MR) is 163 cm³/mol. The highest BCUT2D eigenvalue weighted by molar-refractivity contribution is 5.90. The molecule has 4 rings (SSSR count). The summed E-state index contributed by atoms with van der Waals surface area (Å²) < 4.78 is 6.14. The highest BCUT2D eigenvalue weighted by atomic mass is 16.5. The first-order valence-corrected chi connectivity index (χ1v) is 14.0. The lowest BCUT2D eigenvalue weighted by Crippen LogP contribution is -2.46. The van der Waals surface area contributed by atoms with Crippen molar-refractivity contribution < 1.29 is 19.7 Å². The topological polar surface area (TPSA) is 78.8 Å². The number of aromatic carboxylic acids is 1. The molecule has 0 saturated heterocycles. The summed E-state index contributed by atoms with van der Waals surface area (Å²) in [6, 6.07) is 28.4. The Bertz CT molecular complexity index is 1460. The Morgan fingerprint density at radius 1 is 0.875 bits per heavy atom. The number of aliphatic hydroxyl groups is 1. The highest BCUT2D eigenvalue weighted by Crippen LogP contribution is 2.33. The molecule has 0 aliphatic rings. The standard InChI is InChI=1S/C35H41NO4/c1-23(2)33-19-28(16-17-32(33)34(38)39)31-13-9-8-12-30(31)24(3)40-22-29(37)21-36-35(4,5)20-25-14-15-26-10-6-7-11-27(26)18-25/h6-19,23-24,29,36-37H,20-22H2,1-5H3,(H,38,39)/t24?,29-/m0/s1. The largest absolute Gasteiger partial charge is 0.478 e. The Hall–Kier alpha value is -3.51. The summed E-state index contributed by atoms with van der Waals surface area (Å²) in [7, 11) is 0. The zero-order valence-electron chi connectivity index (χ0n) is 24.1. The number of rotatable bonds is 12. The molecular formula is C35H41NO4. The van der Waals surface area contributed by atoms with Gasteiger partial charge in [-0.1, -0.05) is 92.7 Å². The SMILES string of the molecule is CC(C)c1cc(-c2ccccc2C(C)OC[C@@H](O)CNC(C)(C)Cc2ccc3ccccc3c2)ccc1C(=O)O. The highest BCUT2D eigenvalue weighted by Gasteiger charge is 2.21. The Morgan fingerprint density at radius 3 is 2.30 bits per heavy atom. The van der Waals surface area contributed by atoms with Crippen LogP contribution in [0.4, 0.5) is 0 Å². The number of benzene rings is 4. The molecule has 210 valence electrons. The second-order valence-electron chi connectivity index (χ2n) is 11.6. The van der Waals surface area contributed by atoms with E-state index < -0.39 is 12.1 Å². The maximum atomic E-state index is 11.7. The molecule has 0 aliphatic carbocycles. The minimum Gasteiger partial charge on any atom is -0.478 e. The van der Waals surface area contributed by atoms with E-state index in [1.807, 2.05) is 57.2 Å². The molecule has 5 heteroatoms. The van der Waals surface area contributed by atoms with Gasteiger partial charge in [-0.25, -0.2) is 4.79 Å². The summed E-state index contributed by atoms with van der Waals surface area (Å²) >= 11 is 0. The molecule has 4 aromatic rings. The molecule has 0 amide bonds.